The number of ether oxygens (including phenoxy) is 1. The molecule has 3 rings (SSSR count). The van der Waals surface area contributed by atoms with Gasteiger partial charge in [-0.05, 0) is 43.2 Å². The van der Waals surface area contributed by atoms with Crippen molar-refractivity contribution in [2.75, 3.05) is 39.8 Å². The molecule has 1 fully saturated rings. The number of fused-ring (bicyclic) bond motifs is 1. The molecule has 2 aliphatic rings. The van der Waals surface area contributed by atoms with Gasteiger partial charge in [-0.25, -0.2) is 0 Å². The quantitative estimate of drug-likeness (QED) is 0.285. The van der Waals surface area contributed by atoms with E-state index in [4.69, 9.17) is 4.74 Å². The van der Waals surface area contributed by atoms with Crippen LogP contribution in [0.5, 0.6) is 0 Å². The molecule has 156 valence electrons. The van der Waals surface area contributed by atoms with Crippen molar-refractivity contribution in [2.45, 2.75) is 32.7 Å². The zero-order valence-corrected chi connectivity index (χ0v) is 19.6. The van der Waals surface area contributed by atoms with Gasteiger partial charge in [0, 0.05) is 38.1 Å². The number of nitrogens with one attached hydrogen (secondary N) is 1. The fourth-order valence-electron chi connectivity index (χ4n) is 3.65. The topological polar surface area (TPSA) is 74.2 Å². The third kappa shape index (κ3) is 5.59. The van der Waals surface area contributed by atoms with Crippen LogP contribution in [0, 0.1) is 5.92 Å². The van der Waals surface area contributed by atoms with Crippen molar-refractivity contribution in [3.8, 4) is 0 Å². The number of piperidine rings is 1. The van der Waals surface area contributed by atoms with Gasteiger partial charge in [0.15, 0.2) is 5.96 Å². The third-order valence-corrected chi connectivity index (χ3v) is 6.21. The predicted octanol–water partition coefficient (Wildman–Crippen LogP) is 2.10. The maximum absolute atomic E-state index is 12.6. The standard InChI is InChI=1S/C19H28N4O3S.HI/c1-3-26-18(25)14-4-8-22(9-5-14)19(20-2)21-12-17(24)23-10-6-16-15(13-23)7-11-27-16;/h7,11,14H,3-6,8-10,12-13H2,1-2H3,(H,20,21);1H. The van der Waals surface area contributed by atoms with Gasteiger partial charge >= 0.3 is 5.97 Å². The lowest BCUT2D eigenvalue weighted by atomic mass is 9.97. The Morgan fingerprint density at radius 3 is 2.71 bits per heavy atom. The summed E-state index contributed by atoms with van der Waals surface area (Å²) in [5, 5.41) is 5.29. The fraction of sp³-hybridized carbons (Fsp3) is 0.632. The number of halogens is 1. The highest BCUT2D eigenvalue weighted by atomic mass is 127. The average molecular weight is 520 g/mol. The van der Waals surface area contributed by atoms with Crippen LogP contribution in [-0.2, 0) is 27.3 Å². The minimum Gasteiger partial charge on any atom is -0.466 e. The first-order valence-corrected chi connectivity index (χ1v) is 10.5. The van der Waals surface area contributed by atoms with Crippen molar-refractivity contribution in [3.63, 3.8) is 0 Å². The molecule has 1 aromatic rings. The second-order valence-corrected chi connectivity index (χ2v) is 7.85. The van der Waals surface area contributed by atoms with Gasteiger partial charge in [-0.3, -0.25) is 14.6 Å². The smallest absolute Gasteiger partial charge is 0.309 e. The molecule has 0 saturated carbocycles. The van der Waals surface area contributed by atoms with Crippen molar-refractivity contribution in [3.05, 3.63) is 21.9 Å². The van der Waals surface area contributed by atoms with Crippen LogP contribution < -0.4 is 5.32 Å². The van der Waals surface area contributed by atoms with Crippen LogP contribution in [-0.4, -0.2) is 67.5 Å². The Hall–Kier alpha value is -1.36. The second-order valence-electron chi connectivity index (χ2n) is 6.85. The molecular formula is C19H29IN4O3S. The number of carbonyl (C=O) groups is 2. The first kappa shape index (κ1) is 22.9. The zero-order chi connectivity index (χ0) is 19.2. The summed E-state index contributed by atoms with van der Waals surface area (Å²) >= 11 is 1.77. The van der Waals surface area contributed by atoms with Crippen molar-refractivity contribution in [2.24, 2.45) is 10.9 Å². The van der Waals surface area contributed by atoms with Crippen molar-refractivity contribution in [1.29, 1.82) is 0 Å². The highest BCUT2D eigenvalue weighted by molar-refractivity contribution is 14.0. The molecule has 0 aromatic carbocycles. The van der Waals surface area contributed by atoms with E-state index in [9.17, 15) is 9.59 Å². The van der Waals surface area contributed by atoms with Gasteiger partial charge in [0.2, 0.25) is 5.91 Å². The third-order valence-electron chi connectivity index (χ3n) is 5.18. The Kier molecular flexibility index (Phi) is 9.00. The van der Waals surface area contributed by atoms with E-state index in [0.29, 0.717) is 13.2 Å². The molecule has 3 heterocycles. The van der Waals surface area contributed by atoms with Gasteiger partial charge in [-0.1, -0.05) is 0 Å². The maximum atomic E-state index is 12.6. The van der Waals surface area contributed by atoms with Crippen LogP contribution in [0.25, 0.3) is 0 Å². The van der Waals surface area contributed by atoms with E-state index in [-0.39, 0.29) is 48.3 Å². The molecule has 0 radical (unpaired) electrons. The Bertz CT molecular complexity index is 701. The lowest BCUT2D eigenvalue weighted by molar-refractivity contribution is -0.149. The van der Waals surface area contributed by atoms with Crippen molar-refractivity contribution >= 4 is 53.1 Å². The molecule has 0 atom stereocenters. The molecule has 9 heteroatoms. The number of likely N-dealkylation sites (tertiary alicyclic amines) is 1. The summed E-state index contributed by atoms with van der Waals surface area (Å²) in [4.78, 5) is 34.2. The number of amides is 1. The summed E-state index contributed by atoms with van der Waals surface area (Å²) in [6.45, 7) is 5.44. The lowest BCUT2D eigenvalue weighted by Crippen LogP contribution is -2.50. The van der Waals surface area contributed by atoms with Crippen LogP contribution in [0.1, 0.15) is 30.2 Å². The van der Waals surface area contributed by atoms with E-state index >= 15 is 0 Å². The summed E-state index contributed by atoms with van der Waals surface area (Å²) in [6, 6.07) is 2.11. The summed E-state index contributed by atoms with van der Waals surface area (Å²) in [7, 11) is 1.72. The molecule has 28 heavy (non-hydrogen) atoms. The molecule has 2 aliphatic heterocycles. The number of hydrogen-bond acceptors (Lipinski definition) is 5. The number of hydrogen-bond donors (Lipinski definition) is 1. The van der Waals surface area contributed by atoms with Gasteiger partial charge in [-0.15, -0.1) is 35.3 Å². The first-order valence-electron chi connectivity index (χ1n) is 9.57. The highest BCUT2D eigenvalue weighted by Crippen LogP contribution is 2.24. The van der Waals surface area contributed by atoms with Gasteiger partial charge < -0.3 is 19.9 Å². The zero-order valence-electron chi connectivity index (χ0n) is 16.5. The minimum absolute atomic E-state index is 0. The van der Waals surface area contributed by atoms with Crippen LogP contribution in [0.15, 0.2) is 16.4 Å². The number of carbonyl (C=O) groups excluding carboxylic acids is 2. The minimum atomic E-state index is -0.104. The summed E-state index contributed by atoms with van der Waals surface area (Å²) in [5.74, 6) is 0.676. The van der Waals surface area contributed by atoms with E-state index in [1.165, 1.54) is 10.4 Å². The maximum Gasteiger partial charge on any atom is 0.309 e. The van der Waals surface area contributed by atoms with Gasteiger partial charge in [0.05, 0.1) is 19.1 Å². The Morgan fingerprint density at radius 1 is 1.29 bits per heavy atom. The Morgan fingerprint density at radius 2 is 2.04 bits per heavy atom. The molecule has 7 nitrogen and oxygen atoms in total. The van der Waals surface area contributed by atoms with Crippen LogP contribution in [0.4, 0.5) is 0 Å². The molecule has 0 bridgehead atoms. The molecular weight excluding hydrogens is 491 g/mol. The monoisotopic (exact) mass is 520 g/mol. The van der Waals surface area contributed by atoms with E-state index in [1.807, 2.05) is 11.8 Å². The largest absolute Gasteiger partial charge is 0.466 e. The Balaban J connectivity index is 0.00000280. The summed E-state index contributed by atoms with van der Waals surface area (Å²) in [6.07, 6.45) is 2.44. The molecule has 1 amide bonds. The molecule has 1 saturated heterocycles. The van der Waals surface area contributed by atoms with E-state index in [2.05, 4.69) is 26.7 Å². The summed E-state index contributed by atoms with van der Waals surface area (Å²) in [5.41, 5.74) is 1.27. The highest BCUT2D eigenvalue weighted by Gasteiger charge is 2.28. The molecule has 0 unspecified atom stereocenters. The van der Waals surface area contributed by atoms with Crippen LogP contribution >= 0.6 is 35.3 Å². The van der Waals surface area contributed by atoms with Crippen LogP contribution in [0.3, 0.4) is 0 Å². The van der Waals surface area contributed by atoms with Crippen molar-refractivity contribution in [1.82, 2.24) is 15.1 Å². The SMILES string of the molecule is CCOC(=O)C1CCN(C(=NC)NCC(=O)N2CCc3sccc3C2)CC1.I. The predicted molar refractivity (Wildman–Crippen MR) is 121 cm³/mol. The normalized spacial score (nSPS) is 17.6. The number of aliphatic imine (C=N–C) groups is 1. The van der Waals surface area contributed by atoms with E-state index < -0.39 is 0 Å². The summed E-state index contributed by atoms with van der Waals surface area (Å²) < 4.78 is 5.12. The van der Waals surface area contributed by atoms with Crippen molar-refractivity contribution < 1.29 is 14.3 Å². The van der Waals surface area contributed by atoms with Gasteiger partial charge in [0.1, 0.15) is 0 Å². The molecule has 0 aliphatic carbocycles. The second kappa shape index (κ2) is 11.0. The Labute approximate surface area is 187 Å². The number of rotatable bonds is 4. The molecule has 1 aromatic heterocycles. The number of nitrogens with zero attached hydrogens (tertiary/aromatic N) is 3. The van der Waals surface area contributed by atoms with Crippen LogP contribution in [0.2, 0.25) is 0 Å². The first-order chi connectivity index (χ1) is 13.1. The number of thiophene rings is 1. The average Bonchev–Trinajstić information content (AvgIpc) is 3.16. The van der Waals surface area contributed by atoms with E-state index in [0.717, 1.165) is 44.9 Å². The van der Waals surface area contributed by atoms with Gasteiger partial charge in [-0.2, -0.15) is 0 Å². The molecule has 1 N–H and O–H groups in total. The van der Waals surface area contributed by atoms with Gasteiger partial charge in [0.25, 0.3) is 0 Å². The fourth-order valence-corrected chi connectivity index (χ4v) is 4.54. The lowest BCUT2D eigenvalue weighted by Gasteiger charge is -2.33. The number of esters is 1. The number of guanidine groups is 1. The van der Waals surface area contributed by atoms with E-state index in [1.54, 1.807) is 18.4 Å². The molecule has 0 spiro atoms.